The van der Waals surface area contributed by atoms with Crippen LogP contribution in [-0.4, -0.2) is 70.6 Å². The number of alkyl halides is 3. The van der Waals surface area contributed by atoms with E-state index in [1.54, 1.807) is 38.1 Å². The largest absolute Gasteiger partial charge is 0.495 e. The Morgan fingerprint density at radius 3 is 2.26 bits per heavy atom. The molecule has 14 nitrogen and oxygen atoms in total. The van der Waals surface area contributed by atoms with Gasteiger partial charge in [0.25, 0.3) is 5.91 Å². The molecule has 0 bridgehead atoms. The van der Waals surface area contributed by atoms with E-state index in [0.717, 1.165) is 23.0 Å². The molecular weight excluding hydrogens is 817 g/mol. The van der Waals surface area contributed by atoms with Crippen molar-refractivity contribution in [2.75, 3.05) is 42.8 Å². The van der Waals surface area contributed by atoms with Gasteiger partial charge < -0.3 is 30.7 Å². The summed E-state index contributed by atoms with van der Waals surface area (Å²) in [4.78, 5) is 54.6. The number of anilines is 4. The van der Waals surface area contributed by atoms with E-state index in [1.807, 2.05) is 12.1 Å². The van der Waals surface area contributed by atoms with Crippen LogP contribution in [0.15, 0.2) is 54.6 Å². The number of halogens is 6. The Hall–Kier alpha value is -5.53. The van der Waals surface area contributed by atoms with Crippen molar-refractivity contribution in [1.82, 2.24) is 30.6 Å². The molecule has 1 aliphatic carbocycles. The van der Waals surface area contributed by atoms with Crippen LogP contribution in [0.4, 0.5) is 40.3 Å². The Balaban J connectivity index is 1.05. The van der Waals surface area contributed by atoms with E-state index in [9.17, 15) is 27.6 Å². The smallest absolute Gasteiger partial charge is 0.422 e. The van der Waals surface area contributed by atoms with Crippen molar-refractivity contribution in [3.05, 3.63) is 81.6 Å². The first-order valence-corrected chi connectivity index (χ1v) is 18.6. The van der Waals surface area contributed by atoms with Crippen LogP contribution >= 0.6 is 34.5 Å². The monoisotopic (exact) mass is 849 g/mol. The normalized spacial score (nSPS) is 13.4. The number of methoxy groups -OCH3 is 1. The summed E-state index contributed by atoms with van der Waals surface area (Å²) in [7, 11) is 1.47. The number of hydrogen-bond donors (Lipinski definition) is 5. The molecule has 0 atom stereocenters. The van der Waals surface area contributed by atoms with Crippen molar-refractivity contribution < 1.29 is 41.4 Å². The van der Waals surface area contributed by atoms with E-state index >= 15 is 4.39 Å². The van der Waals surface area contributed by atoms with Gasteiger partial charge in [-0.25, -0.2) is 9.37 Å². The fourth-order valence-electron chi connectivity index (χ4n) is 5.35. The number of nitrogens with one attached hydrogen (secondary N) is 5. The van der Waals surface area contributed by atoms with Crippen molar-refractivity contribution in [1.29, 1.82) is 0 Å². The lowest BCUT2D eigenvalue weighted by molar-refractivity contribution is -0.154. The topological polar surface area (TPSA) is 181 Å². The van der Waals surface area contributed by atoms with Crippen LogP contribution in [-0.2, 0) is 15.1 Å². The van der Waals surface area contributed by atoms with E-state index in [0.29, 0.717) is 38.9 Å². The number of hydrogen-bond acceptors (Lipinski definition) is 12. The summed E-state index contributed by atoms with van der Waals surface area (Å²) in [5.41, 5.74) is -0.256. The first-order valence-electron chi connectivity index (χ1n) is 17.0. The van der Waals surface area contributed by atoms with Crippen LogP contribution in [0.5, 0.6) is 11.8 Å². The van der Waals surface area contributed by atoms with Crippen molar-refractivity contribution in [2.45, 2.75) is 38.4 Å². The molecule has 0 saturated heterocycles. The molecule has 0 aliphatic heterocycles. The predicted molar refractivity (Wildman–Crippen MR) is 206 cm³/mol. The summed E-state index contributed by atoms with van der Waals surface area (Å²) < 4.78 is 64.8. The minimum Gasteiger partial charge on any atom is -0.495 e. The fraction of sp³-hybridized carbons (Fsp3) is 0.306. The van der Waals surface area contributed by atoms with Crippen molar-refractivity contribution >= 4 is 85.2 Å². The molecule has 2 heterocycles. The second-order valence-electron chi connectivity index (χ2n) is 13.7. The Morgan fingerprint density at radius 1 is 0.895 bits per heavy atom. The third-order valence-electron chi connectivity index (χ3n) is 8.49. The van der Waals surface area contributed by atoms with Gasteiger partial charge in [0, 0.05) is 29.9 Å². The molecule has 6 rings (SSSR count). The fourth-order valence-corrected chi connectivity index (χ4v) is 6.58. The maximum Gasteiger partial charge on any atom is 0.422 e. The van der Waals surface area contributed by atoms with Crippen LogP contribution in [0.1, 0.15) is 42.6 Å². The number of aromatic nitrogens is 4. The van der Waals surface area contributed by atoms with E-state index < -0.39 is 53.3 Å². The van der Waals surface area contributed by atoms with E-state index in [1.165, 1.54) is 19.2 Å². The third kappa shape index (κ3) is 10.7. The number of rotatable bonds is 14. The molecule has 5 N–H and O–H groups in total. The highest BCUT2D eigenvalue weighted by Gasteiger charge is 2.45. The molecule has 5 aromatic rings. The molecule has 0 spiro atoms. The van der Waals surface area contributed by atoms with E-state index in [-0.39, 0.29) is 41.4 Å². The molecule has 57 heavy (non-hydrogen) atoms. The minimum absolute atomic E-state index is 0.0213. The van der Waals surface area contributed by atoms with Gasteiger partial charge in [0.05, 0.1) is 33.5 Å². The third-order valence-corrected chi connectivity index (χ3v) is 9.97. The molecule has 3 aromatic carbocycles. The summed E-state index contributed by atoms with van der Waals surface area (Å²) in [6.07, 6.45) is -3.31. The lowest BCUT2D eigenvalue weighted by atomic mass is 9.93. The van der Waals surface area contributed by atoms with Crippen molar-refractivity contribution in [2.24, 2.45) is 5.41 Å². The van der Waals surface area contributed by atoms with E-state index in [4.69, 9.17) is 32.7 Å². The number of carbonyl (C=O) groups excluding carboxylic acids is 3. The summed E-state index contributed by atoms with van der Waals surface area (Å²) in [5.74, 6) is -3.51. The summed E-state index contributed by atoms with van der Waals surface area (Å²) in [6.45, 7) is 1.71. The van der Waals surface area contributed by atoms with Gasteiger partial charge in [-0.15, -0.1) is 0 Å². The molecule has 0 unspecified atom stereocenters. The SMILES string of the molecule is COc1cc2sc(NC(=O)C(=O)NCC(C)(C)CNC(=O)c3ccc(Nc4nc(NC5(c6ccc(Cl)cc6)CC5)nc(OCC(F)(F)F)n4)cc3F)nc2cc1Cl. The Bertz CT molecular complexity index is 2330. The Morgan fingerprint density at radius 2 is 1.60 bits per heavy atom. The first-order chi connectivity index (χ1) is 26.9. The first kappa shape index (κ1) is 41.1. The lowest BCUT2D eigenvalue weighted by Gasteiger charge is -2.25. The number of ether oxygens (including phenoxy) is 2. The number of fused-ring (bicyclic) bond motifs is 1. The van der Waals surface area contributed by atoms with Crippen LogP contribution in [0.2, 0.25) is 10.0 Å². The Labute approximate surface area is 336 Å². The molecule has 2 aromatic heterocycles. The highest BCUT2D eigenvalue weighted by Crippen LogP contribution is 2.48. The molecule has 1 saturated carbocycles. The molecule has 3 amide bonds. The number of nitrogens with zero attached hydrogens (tertiary/aromatic N) is 4. The zero-order chi connectivity index (χ0) is 41.1. The maximum atomic E-state index is 15.3. The van der Waals surface area contributed by atoms with Crippen LogP contribution in [0, 0.1) is 11.2 Å². The van der Waals surface area contributed by atoms with Gasteiger partial charge in [-0.2, -0.15) is 28.1 Å². The van der Waals surface area contributed by atoms with Gasteiger partial charge in [0.15, 0.2) is 11.7 Å². The van der Waals surface area contributed by atoms with Crippen LogP contribution in [0.3, 0.4) is 0 Å². The quantitative estimate of drug-likeness (QED) is 0.0562. The molecule has 300 valence electrons. The van der Waals surface area contributed by atoms with Crippen molar-refractivity contribution in [3.8, 4) is 11.8 Å². The lowest BCUT2D eigenvalue weighted by Crippen LogP contribution is -2.45. The zero-order valence-corrected chi connectivity index (χ0v) is 32.6. The summed E-state index contributed by atoms with van der Waals surface area (Å²) in [5, 5.41) is 14.5. The second-order valence-corrected chi connectivity index (χ2v) is 15.5. The number of benzene rings is 3. The molecule has 0 radical (unpaired) electrons. The van der Waals surface area contributed by atoms with E-state index in [2.05, 4.69) is 46.5 Å². The van der Waals surface area contributed by atoms with Gasteiger partial charge in [-0.3, -0.25) is 19.7 Å². The Kier molecular flexibility index (Phi) is 11.9. The molecule has 1 aliphatic rings. The highest BCUT2D eigenvalue weighted by atomic mass is 35.5. The van der Waals surface area contributed by atoms with Crippen LogP contribution < -0.4 is 36.1 Å². The molecule has 21 heteroatoms. The minimum atomic E-state index is -4.67. The highest BCUT2D eigenvalue weighted by molar-refractivity contribution is 7.22. The van der Waals surface area contributed by atoms with Crippen molar-refractivity contribution in [3.63, 3.8) is 0 Å². The summed E-state index contributed by atoms with van der Waals surface area (Å²) >= 11 is 13.3. The number of carbonyl (C=O) groups is 3. The van der Waals surface area contributed by atoms with Gasteiger partial charge in [0.1, 0.15) is 11.6 Å². The number of amides is 3. The molecular formula is C36H33Cl2F4N9O5S. The average Bonchev–Trinajstić information content (AvgIpc) is 3.82. The zero-order valence-electron chi connectivity index (χ0n) is 30.2. The molecule has 1 fully saturated rings. The van der Waals surface area contributed by atoms with Crippen LogP contribution in [0.25, 0.3) is 10.2 Å². The maximum absolute atomic E-state index is 15.3. The van der Waals surface area contributed by atoms with Gasteiger partial charge >= 0.3 is 24.0 Å². The van der Waals surface area contributed by atoms with Gasteiger partial charge in [0.2, 0.25) is 11.9 Å². The number of thiazole rings is 1. The van der Waals surface area contributed by atoms with Gasteiger partial charge in [-0.05, 0) is 60.2 Å². The predicted octanol–water partition coefficient (Wildman–Crippen LogP) is 7.23. The van der Waals surface area contributed by atoms with Gasteiger partial charge in [-0.1, -0.05) is 60.5 Å². The second kappa shape index (κ2) is 16.5. The average molecular weight is 851 g/mol. The summed E-state index contributed by atoms with van der Waals surface area (Å²) in [6, 6.07) is 13.2. The standard InChI is InChI=1S/C36H33Cl2F4N9O5S/c1-34(2,16-44-28(53)29(54)47-33-46-24-13-22(38)25(55-3)14-26(24)57-33)15-43-27(52)21-9-8-20(12-23(21)39)45-30-48-31(50-32(49-30)56-17-36(40,41)42)51-35(10-11-35)18-4-6-19(37)7-5-18/h4-9,12-14H,10-11,15-17H2,1-3H3,(H,43,52)(H,44,53)(H,46,47,54)(H2,45,48,49,50,51).